The van der Waals surface area contributed by atoms with E-state index in [9.17, 15) is 0 Å². The maximum atomic E-state index is 5.75. The Morgan fingerprint density at radius 3 is 2.64 bits per heavy atom. The normalized spacial score (nSPS) is 14.9. The molecular formula is C10H18N4. The number of nitrogens with two attached hydrogens (primary N) is 1. The molecule has 0 saturated carbocycles. The molecule has 0 aliphatic carbocycles. The van der Waals surface area contributed by atoms with Gasteiger partial charge < -0.3 is 5.73 Å². The molecule has 0 aromatic carbocycles. The van der Waals surface area contributed by atoms with E-state index in [1.54, 1.807) is 6.33 Å². The monoisotopic (exact) mass is 194 g/mol. The number of aromatic nitrogens is 3. The standard InChI is InChI=1S/C10H18N4/c1-7(2)14-10(12-6-13-14)5-8(3)9(4)11/h5-7,9H,11H2,1-4H3/b8-5-. The molecule has 1 heterocycles. The van der Waals surface area contributed by atoms with Crippen LogP contribution < -0.4 is 5.73 Å². The average Bonchev–Trinajstić information content (AvgIpc) is 2.52. The third-order valence-electron chi connectivity index (χ3n) is 2.16. The van der Waals surface area contributed by atoms with Gasteiger partial charge in [0.15, 0.2) is 5.82 Å². The Morgan fingerprint density at radius 1 is 1.50 bits per heavy atom. The minimum absolute atomic E-state index is 0.0623. The molecule has 1 rings (SSSR count). The third kappa shape index (κ3) is 2.42. The van der Waals surface area contributed by atoms with Gasteiger partial charge >= 0.3 is 0 Å². The molecule has 1 atom stereocenters. The van der Waals surface area contributed by atoms with Crippen molar-refractivity contribution in [2.45, 2.75) is 39.8 Å². The molecule has 78 valence electrons. The van der Waals surface area contributed by atoms with Gasteiger partial charge in [0.05, 0.1) is 0 Å². The molecule has 0 aliphatic rings. The van der Waals surface area contributed by atoms with Crippen LogP contribution in [0.2, 0.25) is 0 Å². The Kier molecular flexibility index (Phi) is 3.41. The predicted octanol–water partition coefficient (Wildman–Crippen LogP) is 1.61. The molecule has 14 heavy (non-hydrogen) atoms. The lowest BCUT2D eigenvalue weighted by Gasteiger charge is -2.08. The Morgan fingerprint density at radius 2 is 2.14 bits per heavy atom. The minimum atomic E-state index is 0.0623. The summed E-state index contributed by atoms with van der Waals surface area (Å²) in [6.07, 6.45) is 3.55. The Bertz CT molecular complexity index is 323. The van der Waals surface area contributed by atoms with Crippen molar-refractivity contribution in [2.75, 3.05) is 0 Å². The second kappa shape index (κ2) is 4.37. The highest BCUT2D eigenvalue weighted by Crippen LogP contribution is 2.10. The molecular weight excluding hydrogens is 176 g/mol. The van der Waals surface area contributed by atoms with E-state index in [-0.39, 0.29) is 6.04 Å². The number of nitrogens with zero attached hydrogens (tertiary/aromatic N) is 3. The predicted molar refractivity (Wildman–Crippen MR) is 57.7 cm³/mol. The van der Waals surface area contributed by atoms with E-state index in [4.69, 9.17) is 5.73 Å². The van der Waals surface area contributed by atoms with Crippen molar-refractivity contribution < 1.29 is 0 Å². The molecule has 2 N–H and O–H groups in total. The molecule has 0 fully saturated rings. The van der Waals surface area contributed by atoms with Gasteiger partial charge in [0.1, 0.15) is 6.33 Å². The van der Waals surface area contributed by atoms with Gasteiger partial charge in [0.2, 0.25) is 0 Å². The van der Waals surface area contributed by atoms with Crippen LogP contribution in [0.3, 0.4) is 0 Å². The van der Waals surface area contributed by atoms with E-state index in [1.165, 1.54) is 0 Å². The number of hydrogen-bond donors (Lipinski definition) is 1. The van der Waals surface area contributed by atoms with Crippen LogP contribution in [-0.2, 0) is 0 Å². The van der Waals surface area contributed by atoms with Crippen molar-refractivity contribution in [1.29, 1.82) is 0 Å². The zero-order chi connectivity index (χ0) is 10.7. The first kappa shape index (κ1) is 10.9. The fourth-order valence-corrected chi connectivity index (χ4v) is 1.10. The summed E-state index contributed by atoms with van der Waals surface area (Å²) in [5, 5.41) is 4.15. The highest BCUT2D eigenvalue weighted by molar-refractivity contribution is 5.45. The summed E-state index contributed by atoms with van der Waals surface area (Å²) in [6, 6.07) is 0.386. The fraction of sp³-hybridized carbons (Fsp3) is 0.600. The highest BCUT2D eigenvalue weighted by atomic mass is 15.3. The van der Waals surface area contributed by atoms with E-state index in [0.717, 1.165) is 11.4 Å². The maximum Gasteiger partial charge on any atom is 0.150 e. The zero-order valence-electron chi connectivity index (χ0n) is 9.23. The molecule has 4 heteroatoms. The van der Waals surface area contributed by atoms with Crippen LogP contribution in [0.1, 0.15) is 39.6 Å². The van der Waals surface area contributed by atoms with E-state index < -0.39 is 0 Å². The van der Waals surface area contributed by atoms with Crippen molar-refractivity contribution >= 4 is 6.08 Å². The molecule has 1 aromatic rings. The Labute approximate surface area is 84.8 Å². The Hall–Kier alpha value is -1.16. The first-order valence-corrected chi connectivity index (χ1v) is 4.85. The maximum absolute atomic E-state index is 5.75. The summed E-state index contributed by atoms with van der Waals surface area (Å²) in [5.41, 5.74) is 6.86. The molecule has 0 saturated heterocycles. The van der Waals surface area contributed by atoms with Crippen LogP contribution in [0.5, 0.6) is 0 Å². The summed E-state index contributed by atoms with van der Waals surface area (Å²) < 4.78 is 1.88. The highest BCUT2D eigenvalue weighted by Gasteiger charge is 2.06. The lowest BCUT2D eigenvalue weighted by atomic mass is 10.1. The average molecular weight is 194 g/mol. The van der Waals surface area contributed by atoms with E-state index in [1.807, 2.05) is 24.6 Å². The van der Waals surface area contributed by atoms with Crippen molar-refractivity contribution in [3.8, 4) is 0 Å². The minimum Gasteiger partial charge on any atom is -0.324 e. The van der Waals surface area contributed by atoms with E-state index in [2.05, 4.69) is 23.9 Å². The lowest BCUT2D eigenvalue weighted by molar-refractivity contribution is 0.526. The van der Waals surface area contributed by atoms with Gasteiger partial charge in [0, 0.05) is 12.1 Å². The van der Waals surface area contributed by atoms with Gasteiger partial charge in [-0.05, 0) is 33.8 Å². The van der Waals surface area contributed by atoms with Crippen LogP contribution in [-0.4, -0.2) is 20.8 Å². The van der Waals surface area contributed by atoms with E-state index in [0.29, 0.717) is 6.04 Å². The summed E-state index contributed by atoms with van der Waals surface area (Å²) >= 11 is 0. The van der Waals surface area contributed by atoms with Crippen LogP contribution in [0.4, 0.5) is 0 Å². The first-order valence-electron chi connectivity index (χ1n) is 4.85. The van der Waals surface area contributed by atoms with Crippen molar-refractivity contribution in [2.24, 2.45) is 5.73 Å². The summed E-state index contributed by atoms with van der Waals surface area (Å²) in [7, 11) is 0. The summed E-state index contributed by atoms with van der Waals surface area (Å²) in [5.74, 6) is 0.870. The smallest absolute Gasteiger partial charge is 0.150 e. The molecule has 0 amide bonds. The van der Waals surface area contributed by atoms with Crippen LogP contribution >= 0.6 is 0 Å². The van der Waals surface area contributed by atoms with Gasteiger partial charge in [-0.25, -0.2) is 9.67 Å². The summed E-state index contributed by atoms with van der Waals surface area (Å²) in [6.45, 7) is 8.12. The molecule has 0 radical (unpaired) electrons. The Balaban J connectivity index is 2.96. The van der Waals surface area contributed by atoms with Crippen molar-refractivity contribution in [3.63, 3.8) is 0 Å². The SMILES string of the molecule is C/C(=C/c1ncnn1C(C)C)C(C)N. The molecule has 1 aromatic heterocycles. The van der Waals surface area contributed by atoms with Gasteiger partial charge in [-0.3, -0.25) is 0 Å². The molecule has 0 spiro atoms. The molecule has 1 unspecified atom stereocenters. The third-order valence-corrected chi connectivity index (χ3v) is 2.16. The van der Waals surface area contributed by atoms with Gasteiger partial charge in [-0.1, -0.05) is 5.57 Å². The van der Waals surface area contributed by atoms with Crippen LogP contribution in [0, 0.1) is 0 Å². The van der Waals surface area contributed by atoms with Crippen molar-refractivity contribution in [3.05, 3.63) is 17.7 Å². The lowest BCUT2D eigenvalue weighted by Crippen LogP contribution is -2.16. The zero-order valence-corrected chi connectivity index (χ0v) is 9.23. The topological polar surface area (TPSA) is 56.7 Å². The van der Waals surface area contributed by atoms with Gasteiger partial charge in [-0.2, -0.15) is 5.10 Å². The van der Waals surface area contributed by atoms with Gasteiger partial charge in [0.25, 0.3) is 0 Å². The molecule has 0 bridgehead atoms. The second-order valence-corrected chi connectivity index (χ2v) is 3.83. The van der Waals surface area contributed by atoms with Crippen LogP contribution in [0.25, 0.3) is 6.08 Å². The van der Waals surface area contributed by atoms with Crippen LogP contribution in [0.15, 0.2) is 11.9 Å². The first-order chi connectivity index (χ1) is 6.52. The second-order valence-electron chi connectivity index (χ2n) is 3.83. The van der Waals surface area contributed by atoms with Gasteiger partial charge in [-0.15, -0.1) is 0 Å². The quantitative estimate of drug-likeness (QED) is 0.795. The largest absolute Gasteiger partial charge is 0.324 e. The molecule has 4 nitrogen and oxygen atoms in total. The molecule has 0 aliphatic heterocycles. The summed E-state index contributed by atoms with van der Waals surface area (Å²) in [4.78, 5) is 4.18. The van der Waals surface area contributed by atoms with Crippen molar-refractivity contribution in [1.82, 2.24) is 14.8 Å². The number of rotatable bonds is 3. The number of hydrogen-bond acceptors (Lipinski definition) is 3. The van der Waals surface area contributed by atoms with E-state index >= 15 is 0 Å². The fourth-order valence-electron chi connectivity index (χ4n) is 1.10.